The Morgan fingerprint density at radius 1 is 1.41 bits per heavy atom. The molecule has 2 heterocycles. The molecule has 10 heteroatoms. The maximum absolute atomic E-state index is 12.4. The summed E-state index contributed by atoms with van der Waals surface area (Å²) in [5, 5.41) is 16.7. The Labute approximate surface area is 127 Å². The van der Waals surface area contributed by atoms with E-state index in [4.69, 9.17) is 4.42 Å². The molecule has 2 rings (SSSR count). The summed E-state index contributed by atoms with van der Waals surface area (Å²) in [5.74, 6) is -1.27. The standard InChI is InChI=1S/C12H16N4O5S/c1-4-16-9(5-13-15-16)6-14-22(19,20)11-8(3)21-7(2)10(11)12(17)18/h5,14H,4,6H2,1-3H3,(H,17,18). The second kappa shape index (κ2) is 5.89. The first-order valence-electron chi connectivity index (χ1n) is 6.48. The van der Waals surface area contributed by atoms with E-state index in [9.17, 15) is 18.3 Å². The predicted octanol–water partition coefficient (Wildman–Crippen LogP) is 0.685. The lowest BCUT2D eigenvalue weighted by atomic mass is 10.2. The van der Waals surface area contributed by atoms with Gasteiger partial charge in [-0.05, 0) is 20.8 Å². The van der Waals surface area contributed by atoms with E-state index in [1.807, 2.05) is 6.92 Å². The zero-order chi connectivity index (χ0) is 16.5. The molecular formula is C12H16N4O5S. The van der Waals surface area contributed by atoms with Gasteiger partial charge in [0.15, 0.2) is 0 Å². The molecular weight excluding hydrogens is 312 g/mol. The zero-order valence-electron chi connectivity index (χ0n) is 12.3. The Balaban J connectivity index is 2.34. The molecule has 22 heavy (non-hydrogen) atoms. The van der Waals surface area contributed by atoms with Crippen molar-refractivity contribution in [3.8, 4) is 0 Å². The normalized spacial score (nSPS) is 11.8. The van der Waals surface area contributed by atoms with E-state index in [1.54, 1.807) is 0 Å². The second-order valence-corrected chi connectivity index (χ2v) is 6.29. The van der Waals surface area contributed by atoms with E-state index in [1.165, 1.54) is 24.7 Å². The molecule has 2 N–H and O–H groups in total. The van der Waals surface area contributed by atoms with Crippen LogP contribution in [0.3, 0.4) is 0 Å². The van der Waals surface area contributed by atoms with Crippen LogP contribution in [-0.4, -0.2) is 34.5 Å². The third-order valence-corrected chi connectivity index (χ3v) is 4.68. The van der Waals surface area contributed by atoms with E-state index in [0.29, 0.717) is 12.2 Å². The Morgan fingerprint density at radius 2 is 2.09 bits per heavy atom. The van der Waals surface area contributed by atoms with Crippen LogP contribution in [0, 0.1) is 13.8 Å². The van der Waals surface area contributed by atoms with Crippen molar-refractivity contribution in [3.05, 3.63) is 29.0 Å². The highest BCUT2D eigenvalue weighted by atomic mass is 32.2. The molecule has 120 valence electrons. The maximum atomic E-state index is 12.4. The van der Waals surface area contributed by atoms with E-state index < -0.39 is 16.0 Å². The highest BCUT2D eigenvalue weighted by molar-refractivity contribution is 7.89. The number of hydrogen-bond acceptors (Lipinski definition) is 6. The molecule has 2 aromatic rings. The number of carboxylic acid groups (broad SMARTS) is 1. The molecule has 0 unspecified atom stereocenters. The summed E-state index contributed by atoms with van der Waals surface area (Å²) in [5.41, 5.74) is 0.216. The quantitative estimate of drug-likeness (QED) is 0.798. The first-order chi connectivity index (χ1) is 10.3. The first kappa shape index (κ1) is 16.2. The number of nitrogens with zero attached hydrogens (tertiary/aromatic N) is 3. The lowest BCUT2D eigenvalue weighted by molar-refractivity contribution is 0.0691. The third kappa shape index (κ3) is 2.88. The second-order valence-electron chi connectivity index (χ2n) is 4.59. The molecule has 0 saturated carbocycles. The van der Waals surface area contributed by atoms with Gasteiger partial charge in [-0.25, -0.2) is 22.6 Å². The molecule has 0 aliphatic rings. The summed E-state index contributed by atoms with van der Waals surface area (Å²) in [4.78, 5) is 10.9. The highest BCUT2D eigenvalue weighted by Crippen LogP contribution is 2.26. The number of carboxylic acids is 1. The molecule has 0 spiro atoms. The summed E-state index contributed by atoms with van der Waals surface area (Å²) in [7, 11) is -4.04. The van der Waals surface area contributed by atoms with E-state index in [2.05, 4.69) is 15.0 Å². The minimum Gasteiger partial charge on any atom is -0.478 e. The smallest absolute Gasteiger partial charge is 0.340 e. The molecule has 9 nitrogen and oxygen atoms in total. The van der Waals surface area contributed by atoms with Gasteiger partial charge in [0, 0.05) is 6.54 Å². The van der Waals surface area contributed by atoms with Crippen LogP contribution in [0.25, 0.3) is 0 Å². The summed E-state index contributed by atoms with van der Waals surface area (Å²) >= 11 is 0. The van der Waals surface area contributed by atoms with Crippen LogP contribution in [0.2, 0.25) is 0 Å². The topological polar surface area (TPSA) is 127 Å². The molecule has 0 fully saturated rings. The molecule has 0 atom stereocenters. The number of aryl methyl sites for hydroxylation is 3. The number of rotatable bonds is 6. The summed E-state index contributed by atoms with van der Waals surface area (Å²) in [6.45, 7) is 5.16. The predicted molar refractivity (Wildman–Crippen MR) is 74.9 cm³/mol. The Bertz CT molecular complexity index is 806. The lowest BCUT2D eigenvalue weighted by Gasteiger charge is -2.07. The Morgan fingerprint density at radius 3 is 2.68 bits per heavy atom. The van der Waals surface area contributed by atoms with Crippen LogP contribution in [-0.2, 0) is 23.1 Å². The van der Waals surface area contributed by atoms with Gasteiger partial charge in [0.25, 0.3) is 0 Å². The molecule has 0 bridgehead atoms. The minimum absolute atomic E-state index is 0.0320. The largest absolute Gasteiger partial charge is 0.478 e. The fraction of sp³-hybridized carbons (Fsp3) is 0.417. The van der Waals surface area contributed by atoms with Crippen molar-refractivity contribution < 1.29 is 22.7 Å². The van der Waals surface area contributed by atoms with E-state index in [-0.39, 0.29) is 28.5 Å². The van der Waals surface area contributed by atoms with Crippen LogP contribution >= 0.6 is 0 Å². The van der Waals surface area contributed by atoms with Crippen molar-refractivity contribution in [2.45, 2.75) is 38.8 Å². The van der Waals surface area contributed by atoms with Crippen LogP contribution in [0.4, 0.5) is 0 Å². The molecule has 0 aliphatic heterocycles. The third-order valence-electron chi connectivity index (χ3n) is 3.13. The van der Waals surface area contributed by atoms with Gasteiger partial charge in [0.05, 0.1) is 18.4 Å². The van der Waals surface area contributed by atoms with Crippen molar-refractivity contribution in [2.75, 3.05) is 0 Å². The van der Waals surface area contributed by atoms with Crippen molar-refractivity contribution in [2.24, 2.45) is 0 Å². The van der Waals surface area contributed by atoms with Crippen LogP contribution < -0.4 is 4.72 Å². The Kier molecular flexibility index (Phi) is 4.33. The molecule has 0 aromatic carbocycles. The fourth-order valence-corrected chi connectivity index (χ4v) is 3.56. The van der Waals surface area contributed by atoms with Gasteiger partial charge in [0.1, 0.15) is 22.0 Å². The van der Waals surface area contributed by atoms with Gasteiger partial charge in [0.2, 0.25) is 10.0 Å². The van der Waals surface area contributed by atoms with Gasteiger partial charge < -0.3 is 9.52 Å². The van der Waals surface area contributed by atoms with Crippen LogP contribution in [0.1, 0.15) is 34.5 Å². The van der Waals surface area contributed by atoms with Gasteiger partial charge >= 0.3 is 5.97 Å². The van der Waals surface area contributed by atoms with Crippen LogP contribution in [0.15, 0.2) is 15.5 Å². The SMILES string of the molecule is CCn1nncc1CNS(=O)(=O)c1c(C)oc(C)c1C(=O)O. The summed E-state index contributed by atoms with van der Waals surface area (Å²) < 4.78 is 33.8. The summed E-state index contributed by atoms with van der Waals surface area (Å²) in [6, 6.07) is 0. The van der Waals surface area contributed by atoms with Crippen molar-refractivity contribution in [1.29, 1.82) is 0 Å². The minimum atomic E-state index is -4.04. The van der Waals surface area contributed by atoms with E-state index >= 15 is 0 Å². The molecule has 0 saturated heterocycles. The average Bonchev–Trinajstić information content (AvgIpc) is 3.00. The summed E-state index contributed by atoms with van der Waals surface area (Å²) in [6.07, 6.45) is 1.44. The molecule has 0 aliphatic carbocycles. The maximum Gasteiger partial charge on any atom is 0.340 e. The monoisotopic (exact) mass is 328 g/mol. The Hall–Kier alpha value is -2.20. The van der Waals surface area contributed by atoms with Crippen molar-refractivity contribution in [1.82, 2.24) is 19.7 Å². The fourth-order valence-electron chi connectivity index (χ4n) is 2.16. The number of nitrogens with one attached hydrogen (secondary N) is 1. The average molecular weight is 328 g/mol. The molecule has 0 amide bonds. The molecule has 0 radical (unpaired) electrons. The van der Waals surface area contributed by atoms with Crippen molar-refractivity contribution in [3.63, 3.8) is 0 Å². The van der Waals surface area contributed by atoms with Gasteiger partial charge in [-0.1, -0.05) is 5.21 Å². The first-order valence-corrected chi connectivity index (χ1v) is 7.96. The van der Waals surface area contributed by atoms with Crippen LogP contribution in [0.5, 0.6) is 0 Å². The number of hydrogen-bond donors (Lipinski definition) is 2. The molecule has 2 aromatic heterocycles. The highest BCUT2D eigenvalue weighted by Gasteiger charge is 2.30. The number of aromatic nitrogens is 3. The van der Waals surface area contributed by atoms with E-state index in [0.717, 1.165) is 0 Å². The lowest BCUT2D eigenvalue weighted by Crippen LogP contribution is -2.26. The number of aromatic carboxylic acids is 1. The van der Waals surface area contributed by atoms with Crippen molar-refractivity contribution >= 4 is 16.0 Å². The van der Waals surface area contributed by atoms with Gasteiger partial charge in [-0.3, -0.25) is 0 Å². The number of furan rings is 1. The number of sulfonamides is 1. The zero-order valence-corrected chi connectivity index (χ0v) is 13.1. The number of carbonyl (C=O) groups is 1. The van der Waals surface area contributed by atoms with Gasteiger partial charge in [-0.15, -0.1) is 5.10 Å². The van der Waals surface area contributed by atoms with Gasteiger partial charge in [-0.2, -0.15) is 0 Å².